The van der Waals surface area contributed by atoms with Gasteiger partial charge in [0.05, 0.1) is 18.7 Å². The van der Waals surface area contributed by atoms with Gasteiger partial charge in [-0.05, 0) is 60.7 Å². The Morgan fingerprint density at radius 1 is 1.14 bits per heavy atom. The Kier molecular flexibility index (Phi) is 5.78. The third-order valence-electron chi connectivity index (χ3n) is 5.00. The molecule has 152 valence electrons. The summed E-state index contributed by atoms with van der Waals surface area (Å²) in [5, 5.41) is 10.7. The van der Waals surface area contributed by atoms with Gasteiger partial charge in [-0.2, -0.15) is 0 Å². The van der Waals surface area contributed by atoms with Crippen LogP contribution in [0, 0.1) is 19.8 Å². The van der Waals surface area contributed by atoms with Crippen molar-refractivity contribution in [2.75, 3.05) is 12.0 Å². The summed E-state index contributed by atoms with van der Waals surface area (Å²) in [6, 6.07) is 12.4. The first kappa shape index (κ1) is 20.6. The van der Waals surface area contributed by atoms with Crippen molar-refractivity contribution in [3.05, 3.63) is 70.5 Å². The van der Waals surface area contributed by atoms with Crippen molar-refractivity contribution < 1.29 is 19.4 Å². The zero-order chi connectivity index (χ0) is 21.3. The standard InChI is InChI=1S/C24H27NO4/c1-14(2)9-20(26)21-22(17-7-6-8-19(13-17)29-5)25(24(28)23(21)27)18-11-15(3)10-16(4)12-18/h6-8,10-14,22,27H,9H2,1-5H3. The lowest BCUT2D eigenvalue weighted by molar-refractivity contribution is -0.118. The molecule has 2 aromatic carbocycles. The second kappa shape index (κ2) is 8.11. The molecule has 0 radical (unpaired) electrons. The molecular formula is C24H27NO4. The summed E-state index contributed by atoms with van der Waals surface area (Å²) in [6.45, 7) is 7.79. The third-order valence-corrected chi connectivity index (χ3v) is 5.00. The van der Waals surface area contributed by atoms with E-state index in [1.807, 2.05) is 58.0 Å². The number of anilines is 1. The van der Waals surface area contributed by atoms with E-state index in [0.717, 1.165) is 11.1 Å². The Morgan fingerprint density at radius 3 is 2.38 bits per heavy atom. The largest absolute Gasteiger partial charge is 0.503 e. The van der Waals surface area contributed by atoms with Crippen LogP contribution in [0.2, 0.25) is 0 Å². The normalized spacial score (nSPS) is 16.7. The van der Waals surface area contributed by atoms with Crippen molar-refractivity contribution in [1.29, 1.82) is 0 Å². The Labute approximate surface area is 171 Å². The SMILES string of the molecule is COc1cccc(C2C(C(=O)CC(C)C)=C(O)C(=O)N2c2cc(C)cc(C)c2)c1. The van der Waals surface area contributed by atoms with Gasteiger partial charge in [-0.3, -0.25) is 14.5 Å². The third kappa shape index (κ3) is 4.04. The van der Waals surface area contributed by atoms with Gasteiger partial charge in [-0.25, -0.2) is 0 Å². The molecule has 2 aromatic rings. The molecule has 1 unspecified atom stereocenters. The van der Waals surface area contributed by atoms with E-state index in [0.29, 0.717) is 17.0 Å². The molecule has 1 atom stereocenters. The topological polar surface area (TPSA) is 66.8 Å². The van der Waals surface area contributed by atoms with Gasteiger partial charge >= 0.3 is 0 Å². The Hall–Kier alpha value is -3.08. The fraction of sp³-hybridized carbons (Fsp3) is 0.333. The van der Waals surface area contributed by atoms with Crippen molar-refractivity contribution in [2.45, 2.75) is 40.2 Å². The quantitative estimate of drug-likeness (QED) is 0.763. The van der Waals surface area contributed by atoms with Gasteiger partial charge in [0.25, 0.3) is 5.91 Å². The van der Waals surface area contributed by atoms with Gasteiger partial charge in [-0.15, -0.1) is 0 Å². The minimum atomic E-state index is -0.704. The predicted octanol–water partition coefficient (Wildman–Crippen LogP) is 4.83. The first-order valence-electron chi connectivity index (χ1n) is 9.75. The van der Waals surface area contributed by atoms with E-state index in [1.54, 1.807) is 19.2 Å². The maximum absolute atomic E-state index is 13.1. The van der Waals surface area contributed by atoms with Crippen LogP contribution in [0.3, 0.4) is 0 Å². The fourth-order valence-corrected chi connectivity index (χ4v) is 3.85. The minimum absolute atomic E-state index is 0.110. The summed E-state index contributed by atoms with van der Waals surface area (Å²) in [4.78, 5) is 27.6. The van der Waals surface area contributed by atoms with E-state index in [1.165, 1.54) is 4.90 Å². The van der Waals surface area contributed by atoms with Crippen LogP contribution in [0.4, 0.5) is 5.69 Å². The van der Waals surface area contributed by atoms with E-state index in [2.05, 4.69) is 0 Å². The highest BCUT2D eigenvalue weighted by molar-refractivity contribution is 6.16. The maximum Gasteiger partial charge on any atom is 0.294 e. The van der Waals surface area contributed by atoms with Crippen LogP contribution in [0.5, 0.6) is 5.75 Å². The molecule has 1 heterocycles. The number of nitrogens with zero attached hydrogens (tertiary/aromatic N) is 1. The van der Waals surface area contributed by atoms with Gasteiger partial charge < -0.3 is 9.84 Å². The summed E-state index contributed by atoms with van der Waals surface area (Å²) >= 11 is 0. The number of carbonyl (C=O) groups is 2. The molecule has 5 nitrogen and oxygen atoms in total. The highest BCUT2D eigenvalue weighted by Gasteiger charge is 2.44. The average Bonchev–Trinajstić information content (AvgIpc) is 2.92. The molecule has 1 aliphatic heterocycles. The van der Waals surface area contributed by atoms with Crippen molar-refractivity contribution in [3.63, 3.8) is 0 Å². The van der Waals surface area contributed by atoms with Crippen LogP contribution >= 0.6 is 0 Å². The molecule has 1 N–H and O–H groups in total. The summed E-state index contributed by atoms with van der Waals surface area (Å²) in [5.41, 5.74) is 3.51. The molecule has 0 saturated carbocycles. The summed E-state index contributed by atoms with van der Waals surface area (Å²) in [6.07, 6.45) is 0.258. The van der Waals surface area contributed by atoms with Gasteiger partial charge in [0, 0.05) is 12.1 Å². The first-order chi connectivity index (χ1) is 13.7. The zero-order valence-electron chi connectivity index (χ0n) is 17.5. The molecule has 0 aliphatic carbocycles. The second-order valence-electron chi connectivity index (χ2n) is 7.98. The number of Topliss-reactive ketones (excluding diaryl/α,β-unsaturated/α-hetero) is 1. The van der Waals surface area contributed by atoms with Crippen LogP contribution in [0.15, 0.2) is 53.8 Å². The molecule has 1 amide bonds. The Balaban J connectivity index is 2.19. The second-order valence-corrected chi connectivity index (χ2v) is 7.98. The number of aliphatic hydroxyl groups is 1. The number of methoxy groups -OCH3 is 1. The van der Waals surface area contributed by atoms with Gasteiger partial charge in [0.1, 0.15) is 5.75 Å². The first-order valence-corrected chi connectivity index (χ1v) is 9.75. The molecule has 0 saturated heterocycles. The van der Waals surface area contributed by atoms with Crippen LogP contribution in [0.1, 0.15) is 43.0 Å². The number of hydrogen-bond acceptors (Lipinski definition) is 4. The molecule has 3 rings (SSSR count). The Bertz CT molecular complexity index is 970. The zero-order valence-corrected chi connectivity index (χ0v) is 17.5. The lowest BCUT2D eigenvalue weighted by Crippen LogP contribution is -2.31. The molecule has 1 aliphatic rings. The molecular weight excluding hydrogens is 366 g/mol. The number of carbonyl (C=O) groups excluding carboxylic acids is 2. The Morgan fingerprint density at radius 2 is 1.79 bits per heavy atom. The number of amides is 1. The van der Waals surface area contributed by atoms with Crippen LogP contribution in [-0.4, -0.2) is 23.9 Å². The average molecular weight is 393 g/mol. The summed E-state index contributed by atoms with van der Waals surface area (Å²) in [5.74, 6) is -0.514. The highest BCUT2D eigenvalue weighted by atomic mass is 16.5. The fourth-order valence-electron chi connectivity index (χ4n) is 3.85. The van der Waals surface area contributed by atoms with Gasteiger partial charge in [0.2, 0.25) is 0 Å². The lowest BCUT2D eigenvalue weighted by atomic mass is 9.92. The number of aliphatic hydroxyl groups excluding tert-OH is 1. The van der Waals surface area contributed by atoms with E-state index in [-0.39, 0.29) is 23.7 Å². The predicted molar refractivity (Wildman–Crippen MR) is 113 cm³/mol. The number of ketones is 1. The molecule has 0 spiro atoms. The molecule has 0 fully saturated rings. The van der Waals surface area contributed by atoms with Crippen LogP contribution < -0.4 is 9.64 Å². The summed E-state index contributed by atoms with van der Waals surface area (Å²) in [7, 11) is 1.57. The number of rotatable bonds is 6. The smallest absolute Gasteiger partial charge is 0.294 e. The number of aryl methyl sites for hydroxylation is 2. The van der Waals surface area contributed by atoms with Crippen molar-refractivity contribution in [2.24, 2.45) is 5.92 Å². The molecule has 5 heteroatoms. The number of hydrogen-bond donors (Lipinski definition) is 1. The van der Waals surface area contributed by atoms with Crippen molar-refractivity contribution in [3.8, 4) is 5.75 Å². The van der Waals surface area contributed by atoms with Crippen LogP contribution in [0.25, 0.3) is 0 Å². The van der Waals surface area contributed by atoms with Gasteiger partial charge in [-0.1, -0.05) is 32.0 Å². The summed E-state index contributed by atoms with van der Waals surface area (Å²) < 4.78 is 5.34. The van der Waals surface area contributed by atoms with E-state index >= 15 is 0 Å². The molecule has 0 aromatic heterocycles. The molecule has 29 heavy (non-hydrogen) atoms. The maximum atomic E-state index is 13.1. The van der Waals surface area contributed by atoms with E-state index < -0.39 is 17.7 Å². The minimum Gasteiger partial charge on any atom is -0.503 e. The van der Waals surface area contributed by atoms with E-state index in [4.69, 9.17) is 4.74 Å². The van der Waals surface area contributed by atoms with Crippen molar-refractivity contribution in [1.82, 2.24) is 0 Å². The molecule has 0 bridgehead atoms. The monoisotopic (exact) mass is 393 g/mol. The number of ether oxygens (including phenoxy) is 1. The van der Waals surface area contributed by atoms with Crippen molar-refractivity contribution >= 4 is 17.4 Å². The highest BCUT2D eigenvalue weighted by Crippen LogP contribution is 2.42. The number of benzene rings is 2. The van der Waals surface area contributed by atoms with Gasteiger partial charge in [0.15, 0.2) is 11.5 Å². The van der Waals surface area contributed by atoms with Crippen LogP contribution in [-0.2, 0) is 9.59 Å². The lowest BCUT2D eigenvalue weighted by Gasteiger charge is -2.28. The van der Waals surface area contributed by atoms with E-state index in [9.17, 15) is 14.7 Å².